The number of hydrogen-bond donors (Lipinski definition) is 4. The summed E-state index contributed by atoms with van der Waals surface area (Å²) in [6.07, 6.45) is 2.65. The van der Waals surface area contributed by atoms with Crippen LogP contribution in [0, 0.1) is 0 Å². The molecular formula is C17H18N4O6S3. The van der Waals surface area contributed by atoms with Crippen LogP contribution in [0.2, 0.25) is 0 Å². The molecule has 1 aromatic rings. The molecule has 5 N–H and O–H groups in total. The monoisotopic (exact) mass is 470 g/mol. The van der Waals surface area contributed by atoms with Crippen molar-refractivity contribution in [3.05, 3.63) is 28.4 Å². The Kier molecular flexibility index (Phi) is 6.73. The molecule has 10 nitrogen and oxygen atoms in total. The Morgan fingerprint density at radius 3 is 2.73 bits per heavy atom. The molecule has 2 aliphatic rings. The molecule has 0 aromatic carbocycles. The van der Waals surface area contributed by atoms with Crippen molar-refractivity contribution in [1.29, 1.82) is 0 Å². The zero-order valence-corrected chi connectivity index (χ0v) is 18.1. The van der Waals surface area contributed by atoms with E-state index in [9.17, 15) is 24.3 Å². The molecule has 1 saturated heterocycles. The highest BCUT2D eigenvalue weighted by atomic mass is 32.2. The topological polar surface area (TPSA) is 163 Å². The minimum absolute atomic E-state index is 0.00511. The maximum absolute atomic E-state index is 12.8. The summed E-state index contributed by atoms with van der Waals surface area (Å²) in [6.45, 7) is 0. The number of nitrogens with zero attached hydrogens (tertiary/aromatic N) is 2. The van der Waals surface area contributed by atoms with Gasteiger partial charge in [-0.3, -0.25) is 19.3 Å². The number of hydrogen-bond acceptors (Lipinski definition) is 9. The Bertz CT molecular complexity index is 972. The van der Waals surface area contributed by atoms with E-state index in [4.69, 9.17) is 10.8 Å². The van der Waals surface area contributed by atoms with Gasteiger partial charge in [-0.25, -0.2) is 9.78 Å². The van der Waals surface area contributed by atoms with Crippen LogP contribution in [0.4, 0.5) is 5.13 Å². The normalized spacial score (nSPS) is 21.2. The standard InChI is InChI=1S/C17H18N4O6S3/c1-28-4-7-5-29-15-11(14(25)21(15)12(7)16(26)27)20-13(24)8(2-3-10(22)23)9-6-30-17(18)19-9/h2,6,11,15H,3-5H2,1H3,(H2,18,19)(H,20,24)(H,22,23)(H,26,27)/t11-,15-/m1/s1. The SMILES string of the molecule is CSCC1=C(C(=O)O)N2C(=O)[C@@H](NC(=O)C(=CCC(=O)O)c3csc(N)n3)[C@H]2SC1. The van der Waals surface area contributed by atoms with Crippen LogP contribution in [-0.4, -0.2) is 73.0 Å². The number of nitrogen functional groups attached to an aromatic ring is 1. The number of carbonyl (C=O) groups is 4. The van der Waals surface area contributed by atoms with Gasteiger partial charge in [0.15, 0.2) is 5.13 Å². The number of aromatic nitrogens is 1. The fraction of sp³-hybridized carbons (Fsp3) is 0.353. The second-order valence-electron chi connectivity index (χ2n) is 6.34. The Morgan fingerprint density at radius 2 is 2.17 bits per heavy atom. The molecule has 3 heterocycles. The maximum Gasteiger partial charge on any atom is 0.352 e. The number of carboxylic acids is 2. The molecule has 0 spiro atoms. The highest BCUT2D eigenvalue weighted by Crippen LogP contribution is 2.41. The summed E-state index contributed by atoms with van der Waals surface area (Å²) < 4.78 is 0. The fourth-order valence-electron chi connectivity index (χ4n) is 3.10. The summed E-state index contributed by atoms with van der Waals surface area (Å²) in [6, 6.07) is -0.920. The second-order valence-corrected chi connectivity index (χ2v) is 9.20. The summed E-state index contributed by atoms with van der Waals surface area (Å²) >= 11 is 3.94. The number of carbonyl (C=O) groups excluding carboxylic acids is 2. The van der Waals surface area contributed by atoms with Gasteiger partial charge in [0.1, 0.15) is 17.1 Å². The molecule has 0 saturated carbocycles. The molecule has 2 aliphatic heterocycles. The first-order valence-electron chi connectivity index (χ1n) is 8.57. The lowest BCUT2D eigenvalue weighted by Crippen LogP contribution is -2.70. The third-order valence-electron chi connectivity index (χ3n) is 4.38. The van der Waals surface area contributed by atoms with Crippen LogP contribution in [0.25, 0.3) is 5.57 Å². The van der Waals surface area contributed by atoms with Crippen molar-refractivity contribution in [1.82, 2.24) is 15.2 Å². The number of aliphatic carboxylic acids is 2. The molecule has 0 radical (unpaired) electrons. The number of fused-ring (bicyclic) bond motifs is 1. The van der Waals surface area contributed by atoms with Gasteiger partial charge in [-0.15, -0.1) is 23.1 Å². The van der Waals surface area contributed by atoms with Gasteiger partial charge in [-0.1, -0.05) is 6.08 Å². The van der Waals surface area contributed by atoms with Gasteiger partial charge in [0.25, 0.3) is 11.8 Å². The first-order valence-corrected chi connectivity index (χ1v) is 11.9. The van der Waals surface area contributed by atoms with Crippen molar-refractivity contribution < 1.29 is 29.4 Å². The zero-order valence-electron chi connectivity index (χ0n) is 15.7. The van der Waals surface area contributed by atoms with E-state index < -0.39 is 41.6 Å². The zero-order chi connectivity index (χ0) is 22.0. The molecule has 13 heteroatoms. The highest BCUT2D eigenvalue weighted by molar-refractivity contribution is 8.00. The van der Waals surface area contributed by atoms with E-state index in [0.717, 1.165) is 11.3 Å². The van der Waals surface area contributed by atoms with Gasteiger partial charge in [0.05, 0.1) is 17.7 Å². The van der Waals surface area contributed by atoms with Crippen LogP contribution in [-0.2, 0) is 19.2 Å². The van der Waals surface area contributed by atoms with E-state index in [-0.39, 0.29) is 22.1 Å². The van der Waals surface area contributed by atoms with E-state index in [2.05, 4.69) is 10.3 Å². The van der Waals surface area contributed by atoms with Gasteiger partial charge >= 0.3 is 11.9 Å². The molecule has 30 heavy (non-hydrogen) atoms. The Morgan fingerprint density at radius 1 is 1.43 bits per heavy atom. The molecular weight excluding hydrogens is 452 g/mol. The predicted octanol–water partition coefficient (Wildman–Crippen LogP) is 0.685. The number of amides is 2. The molecule has 0 unspecified atom stereocenters. The molecule has 3 rings (SSSR count). The van der Waals surface area contributed by atoms with Gasteiger partial charge in [-0.2, -0.15) is 11.8 Å². The van der Waals surface area contributed by atoms with Gasteiger partial charge in [-0.05, 0) is 11.8 Å². The summed E-state index contributed by atoms with van der Waals surface area (Å²) in [7, 11) is 0. The number of rotatable bonds is 8. The van der Waals surface area contributed by atoms with E-state index in [1.165, 1.54) is 39.9 Å². The number of nitrogens with two attached hydrogens (primary N) is 1. The molecule has 1 fully saturated rings. The highest BCUT2D eigenvalue weighted by Gasteiger charge is 2.54. The smallest absolute Gasteiger partial charge is 0.352 e. The summed E-state index contributed by atoms with van der Waals surface area (Å²) in [5.74, 6) is -2.57. The van der Waals surface area contributed by atoms with Crippen molar-refractivity contribution in [3.63, 3.8) is 0 Å². The third-order valence-corrected chi connectivity index (χ3v) is 7.03. The first kappa shape index (κ1) is 22.2. The Labute approximate surface area is 183 Å². The van der Waals surface area contributed by atoms with Crippen LogP contribution in [0.3, 0.4) is 0 Å². The molecule has 1 aromatic heterocycles. The van der Waals surface area contributed by atoms with Crippen LogP contribution < -0.4 is 11.1 Å². The van der Waals surface area contributed by atoms with Crippen molar-refractivity contribution in [2.75, 3.05) is 23.5 Å². The third kappa shape index (κ3) is 4.32. The van der Waals surface area contributed by atoms with Crippen LogP contribution >= 0.6 is 34.9 Å². The van der Waals surface area contributed by atoms with E-state index in [0.29, 0.717) is 17.1 Å². The van der Waals surface area contributed by atoms with Crippen molar-refractivity contribution in [2.24, 2.45) is 0 Å². The number of anilines is 1. The summed E-state index contributed by atoms with van der Waals surface area (Å²) in [5.41, 5.74) is 6.45. The minimum Gasteiger partial charge on any atom is -0.481 e. The van der Waals surface area contributed by atoms with Gasteiger partial charge < -0.3 is 21.3 Å². The molecule has 0 bridgehead atoms. The number of carboxylic acid groups (broad SMARTS) is 2. The first-order chi connectivity index (χ1) is 14.2. The number of β-lactam (4-membered cyclic amide) rings is 1. The van der Waals surface area contributed by atoms with Crippen LogP contribution in [0.1, 0.15) is 12.1 Å². The second kappa shape index (κ2) is 9.10. The number of nitrogens with one attached hydrogen (secondary N) is 1. The van der Waals surface area contributed by atoms with E-state index in [1.807, 2.05) is 6.26 Å². The van der Waals surface area contributed by atoms with Gasteiger partial charge in [0.2, 0.25) is 0 Å². The maximum atomic E-state index is 12.8. The van der Waals surface area contributed by atoms with E-state index >= 15 is 0 Å². The quantitative estimate of drug-likeness (QED) is 0.314. The number of thiazole rings is 1. The Hall–Kier alpha value is -2.51. The fourth-order valence-corrected chi connectivity index (χ4v) is 5.73. The average molecular weight is 471 g/mol. The average Bonchev–Trinajstić information content (AvgIpc) is 3.11. The summed E-state index contributed by atoms with van der Waals surface area (Å²) in [4.78, 5) is 53.3. The molecule has 160 valence electrons. The van der Waals surface area contributed by atoms with Crippen LogP contribution in [0.15, 0.2) is 22.7 Å². The lowest BCUT2D eigenvalue weighted by atomic mass is 10.0. The lowest BCUT2D eigenvalue weighted by molar-refractivity contribution is -0.150. The predicted molar refractivity (Wildman–Crippen MR) is 115 cm³/mol. The molecule has 0 aliphatic carbocycles. The van der Waals surface area contributed by atoms with Crippen LogP contribution in [0.5, 0.6) is 0 Å². The molecule has 2 amide bonds. The minimum atomic E-state index is -1.18. The Balaban J connectivity index is 1.80. The van der Waals surface area contributed by atoms with Crippen molar-refractivity contribution in [2.45, 2.75) is 17.8 Å². The number of thioether (sulfide) groups is 2. The lowest BCUT2D eigenvalue weighted by Gasteiger charge is -2.49. The van der Waals surface area contributed by atoms with Crippen molar-refractivity contribution >= 4 is 69.3 Å². The van der Waals surface area contributed by atoms with E-state index in [1.54, 1.807) is 0 Å². The summed E-state index contributed by atoms with van der Waals surface area (Å²) in [5, 5.41) is 22.3. The largest absolute Gasteiger partial charge is 0.481 e. The molecule has 2 atom stereocenters. The van der Waals surface area contributed by atoms with Gasteiger partial charge in [0, 0.05) is 16.9 Å². The van der Waals surface area contributed by atoms with Crippen molar-refractivity contribution in [3.8, 4) is 0 Å².